The Bertz CT molecular complexity index is 1480. The Balaban J connectivity index is 1.62. The number of hydrogen-bond acceptors (Lipinski definition) is 7. The Morgan fingerprint density at radius 2 is 2.06 bits per heavy atom. The number of fused-ring (bicyclic) bond motifs is 3. The number of benzene rings is 1. The maximum atomic E-state index is 13.3. The molecule has 10 heteroatoms. The number of nitriles is 1. The van der Waals surface area contributed by atoms with Gasteiger partial charge in [-0.05, 0) is 44.5 Å². The molecule has 0 spiro atoms. The minimum Gasteiger partial charge on any atom is -0.385 e. The standard InChI is InChI=1S/C24H26N6O3S/c1-17(31)23-27-21-15-26-24-20(10-14-29(24)34(32,33)19-7-3-2-4-8-19)22(21)30(23)18-9-13-28(16-18)12-6-5-11-25/h2-4,7-8,10,14-15,17-18,31H,5-6,9,12-13,16H2,1H3/t17-,18+/m1/s1. The van der Waals surface area contributed by atoms with Gasteiger partial charge in [0.2, 0.25) is 0 Å². The van der Waals surface area contributed by atoms with Crippen LogP contribution >= 0.6 is 0 Å². The van der Waals surface area contributed by atoms with E-state index in [4.69, 9.17) is 5.26 Å². The highest BCUT2D eigenvalue weighted by molar-refractivity contribution is 7.90. The van der Waals surface area contributed by atoms with E-state index in [9.17, 15) is 13.5 Å². The Labute approximate surface area is 197 Å². The van der Waals surface area contributed by atoms with Crippen molar-refractivity contribution in [2.24, 2.45) is 0 Å². The molecular formula is C24H26N6O3S. The van der Waals surface area contributed by atoms with Crippen LogP contribution < -0.4 is 0 Å². The number of aliphatic hydroxyl groups is 1. The molecule has 3 aromatic heterocycles. The summed E-state index contributed by atoms with van der Waals surface area (Å²) < 4.78 is 29.9. The van der Waals surface area contributed by atoms with E-state index in [1.807, 2.05) is 0 Å². The normalized spacial score (nSPS) is 18.0. The lowest BCUT2D eigenvalue weighted by atomic mass is 10.2. The van der Waals surface area contributed by atoms with Gasteiger partial charge in [-0.25, -0.2) is 22.4 Å². The Kier molecular flexibility index (Phi) is 5.85. The topological polar surface area (TPSA) is 117 Å². The number of aromatic nitrogens is 4. The van der Waals surface area contributed by atoms with Crippen molar-refractivity contribution < 1.29 is 13.5 Å². The SMILES string of the molecule is C[C@@H](O)c1nc2cnc3c(ccn3S(=O)(=O)c3ccccc3)c2n1[C@H]1CCN(CCCC#N)C1. The van der Waals surface area contributed by atoms with Crippen molar-refractivity contribution in [2.45, 2.75) is 43.2 Å². The quantitative estimate of drug-likeness (QED) is 0.405. The van der Waals surface area contributed by atoms with Crippen molar-refractivity contribution >= 4 is 32.1 Å². The molecule has 5 rings (SSSR count). The van der Waals surface area contributed by atoms with Crippen molar-refractivity contribution in [3.05, 3.63) is 54.6 Å². The van der Waals surface area contributed by atoms with Gasteiger partial charge in [-0.2, -0.15) is 5.26 Å². The van der Waals surface area contributed by atoms with Crippen molar-refractivity contribution in [3.8, 4) is 6.07 Å². The largest absolute Gasteiger partial charge is 0.385 e. The minimum atomic E-state index is -3.81. The van der Waals surface area contributed by atoms with Crippen LogP contribution in [0.5, 0.6) is 0 Å². The van der Waals surface area contributed by atoms with Crippen molar-refractivity contribution in [2.75, 3.05) is 19.6 Å². The molecule has 1 N–H and O–H groups in total. The molecule has 176 valence electrons. The highest BCUT2D eigenvalue weighted by Gasteiger charge is 2.30. The summed E-state index contributed by atoms with van der Waals surface area (Å²) in [4.78, 5) is 11.6. The van der Waals surface area contributed by atoms with Crippen LogP contribution in [0, 0.1) is 11.3 Å². The highest BCUT2D eigenvalue weighted by Crippen LogP contribution is 2.35. The molecule has 1 saturated heterocycles. The van der Waals surface area contributed by atoms with E-state index in [0.29, 0.717) is 28.8 Å². The summed E-state index contributed by atoms with van der Waals surface area (Å²) in [6.07, 6.45) is 4.56. The molecule has 4 heterocycles. The van der Waals surface area contributed by atoms with Crippen LogP contribution in [0.2, 0.25) is 0 Å². The Morgan fingerprint density at radius 3 is 2.79 bits per heavy atom. The van der Waals surface area contributed by atoms with E-state index in [1.54, 1.807) is 49.5 Å². The summed E-state index contributed by atoms with van der Waals surface area (Å²) >= 11 is 0. The van der Waals surface area contributed by atoms with Gasteiger partial charge in [0.15, 0.2) is 5.65 Å². The van der Waals surface area contributed by atoms with Crippen LogP contribution in [-0.4, -0.2) is 56.6 Å². The van der Waals surface area contributed by atoms with Gasteiger partial charge in [-0.1, -0.05) is 18.2 Å². The van der Waals surface area contributed by atoms with E-state index >= 15 is 0 Å². The van der Waals surface area contributed by atoms with E-state index < -0.39 is 16.1 Å². The van der Waals surface area contributed by atoms with Gasteiger partial charge in [-0.15, -0.1) is 0 Å². The molecule has 0 radical (unpaired) electrons. The molecule has 0 unspecified atom stereocenters. The van der Waals surface area contributed by atoms with Crippen LogP contribution in [0.4, 0.5) is 0 Å². The van der Waals surface area contributed by atoms with Crippen molar-refractivity contribution in [1.82, 2.24) is 23.4 Å². The second kappa shape index (κ2) is 8.83. The van der Waals surface area contributed by atoms with Crippen LogP contribution in [0.3, 0.4) is 0 Å². The summed E-state index contributed by atoms with van der Waals surface area (Å²) in [6, 6.07) is 12.3. The maximum Gasteiger partial charge on any atom is 0.269 e. The summed E-state index contributed by atoms with van der Waals surface area (Å²) in [5, 5.41) is 20.0. The number of aliphatic hydroxyl groups excluding tert-OH is 1. The van der Waals surface area contributed by atoms with E-state index in [2.05, 4.69) is 25.5 Å². The molecule has 4 aromatic rings. The smallest absolute Gasteiger partial charge is 0.269 e. The fourth-order valence-electron chi connectivity index (χ4n) is 4.84. The second-order valence-corrected chi connectivity index (χ2v) is 10.5. The summed E-state index contributed by atoms with van der Waals surface area (Å²) in [5.74, 6) is 0.548. The van der Waals surface area contributed by atoms with E-state index in [1.165, 1.54) is 10.2 Å². The van der Waals surface area contributed by atoms with Crippen LogP contribution in [-0.2, 0) is 10.0 Å². The lowest BCUT2D eigenvalue weighted by Crippen LogP contribution is -2.23. The first-order valence-electron chi connectivity index (χ1n) is 11.4. The van der Waals surface area contributed by atoms with Gasteiger partial charge in [0.05, 0.1) is 22.7 Å². The van der Waals surface area contributed by atoms with Crippen LogP contribution in [0.1, 0.15) is 44.2 Å². The van der Waals surface area contributed by atoms with Crippen molar-refractivity contribution in [1.29, 1.82) is 5.26 Å². The number of rotatable bonds is 7. The lowest BCUT2D eigenvalue weighted by molar-refractivity contribution is 0.181. The fourth-order valence-corrected chi connectivity index (χ4v) is 6.16. The van der Waals surface area contributed by atoms with Gasteiger partial charge in [-0.3, -0.25) is 0 Å². The predicted octanol–water partition coefficient (Wildman–Crippen LogP) is 3.23. The van der Waals surface area contributed by atoms with Crippen LogP contribution in [0.15, 0.2) is 53.7 Å². The molecule has 1 aliphatic rings. The zero-order valence-corrected chi connectivity index (χ0v) is 19.7. The third-order valence-electron chi connectivity index (χ3n) is 6.41. The summed E-state index contributed by atoms with van der Waals surface area (Å²) in [5.41, 5.74) is 1.74. The third-order valence-corrected chi connectivity index (χ3v) is 8.09. The summed E-state index contributed by atoms with van der Waals surface area (Å²) in [7, 11) is -3.81. The first-order chi connectivity index (χ1) is 16.4. The minimum absolute atomic E-state index is 0.0800. The average molecular weight is 479 g/mol. The van der Waals surface area contributed by atoms with E-state index in [0.717, 1.165) is 38.0 Å². The molecule has 0 aliphatic carbocycles. The molecular weight excluding hydrogens is 452 g/mol. The average Bonchev–Trinajstić information content (AvgIpc) is 3.55. The van der Waals surface area contributed by atoms with Gasteiger partial charge in [0.1, 0.15) is 17.4 Å². The predicted molar refractivity (Wildman–Crippen MR) is 128 cm³/mol. The lowest BCUT2D eigenvalue weighted by Gasteiger charge is -2.20. The number of unbranched alkanes of at least 4 members (excludes halogenated alkanes) is 1. The number of nitrogens with zero attached hydrogens (tertiary/aromatic N) is 6. The van der Waals surface area contributed by atoms with Gasteiger partial charge >= 0.3 is 0 Å². The number of imidazole rings is 1. The fraction of sp³-hybridized carbons (Fsp3) is 0.375. The first-order valence-corrected chi connectivity index (χ1v) is 12.8. The molecule has 9 nitrogen and oxygen atoms in total. The Hall–Kier alpha value is -3.26. The highest BCUT2D eigenvalue weighted by atomic mass is 32.2. The molecule has 0 amide bonds. The monoisotopic (exact) mass is 478 g/mol. The third kappa shape index (κ3) is 3.76. The maximum absolute atomic E-state index is 13.3. The molecule has 1 fully saturated rings. The first kappa shape index (κ1) is 22.5. The second-order valence-electron chi connectivity index (χ2n) is 8.68. The van der Waals surface area contributed by atoms with Crippen molar-refractivity contribution in [3.63, 3.8) is 0 Å². The van der Waals surface area contributed by atoms with E-state index in [-0.39, 0.29) is 10.9 Å². The number of pyridine rings is 1. The number of likely N-dealkylation sites (tertiary alicyclic amines) is 1. The van der Waals surface area contributed by atoms with Crippen LogP contribution in [0.25, 0.3) is 22.1 Å². The molecule has 2 atom stereocenters. The Morgan fingerprint density at radius 1 is 1.26 bits per heavy atom. The molecule has 0 bridgehead atoms. The molecule has 34 heavy (non-hydrogen) atoms. The molecule has 1 aliphatic heterocycles. The molecule has 0 saturated carbocycles. The van der Waals surface area contributed by atoms with Gasteiger partial charge in [0, 0.05) is 37.1 Å². The van der Waals surface area contributed by atoms with Gasteiger partial charge in [0.25, 0.3) is 10.0 Å². The number of hydrogen-bond donors (Lipinski definition) is 1. The zero-order chi connectivity index (χ0) is 23.9. The zero-order valence-electron chi connectivity index (χ0n) is 18.9. The summed E-state index contributed by atoms with van der Waals surface area (Å²) in [6.45, 7) is 4.21. The van der Waals surface area contributed by atoms with Gasteiger partial charge < -0.3 is 14.6 Å². The molecule has 1 aromatic carbocycles.